The Kier molecular flexibility index (Phi) is 8.78. The molecule has 4 atom stereocenters. The highest BCUT2D eigenvalue weighted by Gasteiger charge is 2.58. The smallest absolute Gasteiger partial charge is 0.414 e. The van der Waals surface area contributed by atoms with Crippen LogP contribution >= 0.6 is 0 Å². The fourth-order valence-electron chi connectivity index (χ4n) is 4.99. The number of hydrogen-bond acceptors (Lipinski definition) is 6. The van der Waals surface area contributed by atoms with Crippen molar-refractivity contribution in [3.05, 3.63) is 35.9 Å². The van der Waals surface area contributed by atoms with Crippen LogP contribution in [0.3, 0.4) is 0 Å². The summed E-state index contributed by atoms with van der Waals surface area (Å²) in [6.45, 7) is 4.16. The minimum absolute atomic E-state index is 0.000732. The third-order valence-corrected chi connectivity index (χ3v) is 6.77. The Labute approximate surface area is 177 Å². The van der Waals surface area contributed by atoms with Crippen molar-refractivity contribution in [1.29, 1.82) is 0 Å². The standard InChI is InChI=1S/C20H32N2O2.C2H2O4/c1-19-9-7-17(13-16-5-3-2-4-6-16)14-20(19,23)10-8-18(19)15-22-24-12-11-21;3-1(4)2(5)6/h2-6,17-18,22-23H,7-15,21H2,1H3;(H,3,4)(H,5,6)/t17-,18-,19-,20+;/m1./s1. The molecule has 2 fully saturated rings. The first-order chi connectivity index (χ1) is 14.2. The molecule has 3 rings (SSSR count). The van der Waals surface area contributed by atoms with Gasteiger partial charge in [-0.3, -0.25) is 0 Å². The lowest BCUT2D eigenvalue weighted by Gasteiger charge is -2.49. The fraction of sp³-hybridized carbons (Fsp3) is 0.636. The van der Waals surface area contributed by atoms with Crippen LogP contribution in [0.5, 0.6) is 0 Å². The summed E-state index contributed by atoms with van der Waals surface area (Å²) >= 11 is 0. The fourth-order valence-corrected chi connectivity index (χ4v) is 4.99. The molecule has 2 aliphatic rings. The number of nitrogens with two attached hydrogens (primary N) is 1. The molecule has 1 aromatic carbocycles. The van der Waals surface area contributed by atoms with E-state index in [0.29, 0.717) is 25.0 Å². The number of carboxylic acid groups (broad SMARTS) is 2. The first-order valence-corrected chi connectivity index (χ1v) is 10.5. The van der Waals surface area contributed by atoms with Gasteiger partial charge in [-0.2, -0.15) is 0 Å². The van der Waals surface area contributed by atoms with E-state index in [1.165, 1.54) is 12.0 Å². The number of aliphatic hydroxyl groups is 1. The highest BCUT2D eigenvalue weighted by Crippen LogP contribution is 2.59. The van der Waals surface area contributed by atoms with Crippen molar-refractivity contribution in [2.75, 3.05) is 19.7 Å². The van der Waals surface area contributed by atoms with Gasteiger partial charge in [0.25, 0.3) is 0 Å². The largest absolute Gasteiger partial charge is 0.473 e. The second-order valence-corrected chi connectivity index (χ2v) is 8.58. The molecular formula is C22H34N2O6. The van der Waals surface area contributed by atoms with Crippen LogP contribution in [-0.4, -0.2) is 52.6 Å². The van der Waals surface area contributed by atoms with Gasteiger partial charge in [0.15, 0.2) is 0 Å². The Hall–Kier alpha value is -2.00. The zero-order chi connectivity index (χ0) is 22.2. The van der Waals surface area contributed by atoms with Crippen molar-refractivity contribution in [1.82, 2.24) is 5.48 Å². The number of aliphatic carboxylic acids is 2. The van der Waals surface area contributed by atoms with E-state index in [-0.39, 0.29) is 5.41 Å². The highest BCUT2D eigenvalue weighted by atomic mass is 16.6. The average Bonchev–Trinajstić information content (AvgIpc) is 2.97. The van der Waals surface area contributed by atoms with E-state index < -0.39 is 17.5 Å². The number of rotatable bonds is 7. The molecule has 6 N–H and O–H groups in total. The van der Waals surface area contributed by atoms with Crippen molar-refractivity contribution in [3.8, 4) is 0 Å². The highest BCUT2D eigenvalue weighted by molar-refractivity contribution is 6.27. The normalized spacial score (nSPS) is 30.1. The zero-order valence-electron chi connectivity index (χ0n) is 17.5. The molecule has 8 heteroatoms. The van der Waals surface area contributed by atoms with Gasteiger partial charge < -0.3 is 25.9 Å². The van der Waals surface area contributed by atoms with Gasteiger partial charge in [0.1, 0.15) is 0 Å². The van der Waals surface area contributed by atoms with Crippen molar-refractivity contribution < 1.29 is 29.7 Å². The molecule has 0 heterocycles. The van der Waals surface area contributed by atoms with Crippen LogP contribution in [0.2, 0.25) is 0 Å². The Morgan fingerprint density at radius 2 is 1.83 bits per heavy atom. The van der Waals surface area contributed by atoms with Crippen molar-refractivity contribution in [3.63, 3.8) is 0 Å². The molecule has 168 valence electrons. The molecule has 0 aromatic heterocycles. The monoisotopic (exact) mass is 422 g/mol. The minimum Gasteiger partial charge on any atom is -0.473 e. The van der Waals surface area contributed by atoms with E-state index in [1.54, 1.807) is 0 Å². The van der Waals surface area contributed by atoms with E-state index in [9.17, 15) is 5.11 Å². The summed E-state index contributed by atoms with van der Waals surface area (Å²) in [4.78, 5) is 23.5. The van der Waals surface area contributed by atoms with Gasteiger partial charge in [-0.05, 0) is 55.9 Å². The summed E-state index contributed by atoms with van der Waals surface area (Å²) in [6.07, 6.45) is 6.31. The van der Waals surface area contributed by atoms with Crippen LogP contribution in [0.15, 0.2) is 30.3 Å². The molecule has 0 bridgehead atoms. The first kappa shape index (κ1) is 24.3. The molecule has 0 radical (unpaired) electrons. The lowest BCUT2D eigenvalue weighted by atomic mass is 9.59. The van der Waals surface area contributed by atoms with Gasteiger partial charge in [-0.15, -0.1) is 0 Å². The number of benzene rings is 1. The van der Waals surface area contributed by atoms with E-state index >= 15 is 0 Å². The molecule has 0 saturated heterocycles. The van der Waals surface area contributed by atoms with Gasteiger partial charge in [0.2, 0.25) is 0 Å². The molecule has 0 unspecified atom stereocenters. The Balaban J connectivity index is 0.000000469. The number of carbonyl (C=O) groups is 2. The lowest BCUT2D eigenvalue weighted by molar-refractivity contribution is -0.159. The average molecular weight is 423 g/mol. The zero-order valence-corrected chi connectivity index (χ0v) is 17.5. The molecule has 2 saturated carbocycles. The Morgan fingerprint density at radius 1 is 1.17 bits per heavy atom. The van der Waals surface area contributed by atoms with Crippen molar-refractivity contribution in [2.24, 2.45) is 23.0 Å². The quantitative estimate of drug-likeness (QED) is 0.254. The number of hydroxylamine groups is 1. The number of carboxylic acids is 2. The Bertz CT molecular complexity index is 688. The van der Waals surface area contributed by atoms with E-state index in [0.717, 1.165) is 38.6 Å². The molecule has 1 aromatic rings. The van der Waals surface area contributed by atoms with E-state index in [1.807, 2.05) is 0 Å². The molecular weight excluding hydrogens is 388 g/mol. The second-order valence-electron chi connectivity index (χ2n) is 8.58. The van der Waals surface area contributed by atoms with Crippen LogP contribution in [-0.2, 0) is 20.8 Å². The van der Waals surface area contributed by atoms with Gasteiger partial charge in [0, 0.05) is 18.5 Å². The maximum atomic E-state index is 11.4. The molecule has 0 aliphatic heterocycles. The number of fused-ring (bicyclic) bond motifs is 1. The van der Waals surface area contributed by atoms with Gasteiger partial charge in [-0.1, -0.05) is 37.3 Å². The maximum absolute atomic E-state index is 11.4. The lowest BCUT2D eigenvalue weighted by Crippen LogP contribution is -2.51. The van der Waals surface area contributed by atoms with Gasteiger partial charge >= 0.3 is 11.9 Å². The number of hydrogen-bond donors (Lipinski definition) is 5. The van der Waals surface area contributed by atoms with E-state index in [4.69, 9.17) is 30.4 Å². The third kappa shape index (κ3) is 6.01. The van der Waals surface area contributed by atoms with Crippen LogP contribution in [0, 0.1) is 17.3 Å². The van der Waals surface area contributed by atoms with Gasteiger partial charge in [0.05, 0.1) is 12.2 Å². The summed E-state index contributed by atoms with van der Waals surface area (Å²) in [5.74, 6) is -2.59. The summed E-state index contributed by atoms with van der Waals surface area (Å²) in [5, 5.41) is 26.2. The van der Waals surface area contributed by atoms with Crippen LogP contribution in [0.25, 0.3) is 0 Å². The van der Waals surface area contributed by atoms with Crippen LogP contribution < -0.4 is 11.2 Å². The van der Waals surface area contributed by atoms with Gasteiger partial charge in [-0.25, -0.2) is 15.1 Å². The number of nitrogens with one attached hydrogen (secondary N) is 1. The van der Waals surface area contributed by atoms with E-state index in [2.05, 4.69) is 42.7 Å². The third-order valence-electron chi connectivity index (χ3n) is 6.77. The van der Waals surface area contributed by atoms with Crippen molar-refractivity contribution in [2.45, 2.75) is 51.0 Å². The molecule has 30 heavy (non-hydrogen) atoms. The summed E-state index contributed by atoms with van der Waals surface area (Å²) < 4.78 is 0. The summed E-state index contributed by atoms with van der Waals surface area (Å²) in [7, 11) is 0. The topological polar surface area (TPSA) is 142 Å². The minimum atomic E-state index is -1.82. The summed E-state index contributed by atoms with van der Waals surface area (Å²) in [5.41, 5.74) is 9.38. The van der Waals surface area contributed by atoms with Crippen molar-refractivity contribution >= 4 is 11.9 Å². The van der Waals surface area contributed by atoms with Crippen LogP contribution in [0.1, 0.15) is 44.6 Å². The predicted octanol–water partition coefficient (Wildman–Crippen LogP) is 1.81. The van der Waals surface area contributed by atoms with Crippen LogP contribution in [0.4, 0.5) is 0 Å². The molecule has 0 spiro atoms. The molecule has 2 aliphatic carbocycles. The molecule has 0 amide bonds. The maximum Gasteiger partial charge on any atom is 0.414 e. The SMILES string of the molecule is C[C@]12CC[C@H](Cc3ccccc3)C[C@@]1(O)CC[C@@H]2CNOCCN.O=C(O)C(=O)O. The molecule has 8 nitrogen and oxygen atoms in total. The second kappa shape index (κ2) is 10.9. The first-order valence-electron chi connectivity index (χ1n) is 10.5. The Morgan fingerprint density at radius 3 is 2.43 bits per heavy atom. The predicted molar refractivity (Wildman–Crippen MR) is 112 cm³/mol. The summed E-state index contributed by atoms with van der Waals surface area (Å²) in [6, 6.07) is 10.7.